The second kappa shape index (κ2) is 6.81. The maximum atomic E-state index is 12.0. The SMILES string of the molecule is O=C(Cc1ccc(O)nc1)NN=C1C(=O)Nc2ccc(C(=O)O)c(Cl)c21. The monoisotopic (exact) mass is 374 g/mol. The van der Waals surface area contributed by atoms with Gasteiger partial charge in [0.05, 0.1) is 28.3 Å². The van der Waals surface area contributed by atoms with Gasteiger partial charge in [0.25, 0.3) is 5.91 Å². The number of halogens is 1. The van der Waals surface area contributed by atoms with E-state index in [2.05, 4.69) is 20.8 Å². The summed E-state index contributed by atoms with van der Waals surface area (Å²) in [5, 5.41) is 24.4. The molecule has 2 amide bonds. The highest BCUT2D eigenvalue weighted by Crippen LogP contribution is 2.33. The average Bonchev–Trinajstić information content (AvgIpc) is 2.91. The van der Waals surface area contributed by atoms with Gasteiger partial charge >= 0.3 is 5.97 Å². The summed E-state index contributed by atoms with van der Waals surface area (Å²) in [7, 11) is 0. The molecule has 0 unspecified atom stereocenters. The van der Waals surface area contributed by atoms with Crippen LogP contribution in [0.5, 0.6) is 5.88 Å². The molecule has 0 bridgehead atoms. The van der Waals surface area contributed by atoms with E-state index in [1.807, 2.05) is 0 Å². The minimum Gasteiger partial charge on any atom is -0.493 e. The van der Waals surface area contributed by atoms with Crippen molar-refractivity contribution in [2.75, 3.05) is 5.32 Å². The number of aromatic hydroxyl groups is 1. The van der Waals surface area contributed by atoms with Gasteiger partial charge in [-0.15, -0.1) is 0 Å². The molecular formula is C16H11ClN4O5. The van der Waals surface area contributed by atoms with Gasteiger partial charge in [-0.3, -0.25) is 9.59 Å². The molecule has 26 heavy (non-hydrogen) atoms. The number of pyridine rings is 1. The summed E-state index contributed by atoms with van der Waals surface area (Å²) >= 11 is 6.07. The third-order valence-corrected chi connectivity index (χ3v) is 3.93. The standard InChI is InChI=1S/C16H11ClN4O5/c17-13-8(16(25)26)2-3-9-12(13)14(15(24)19-9)21-20-11(23)5-7-1-4-10(22)18-6-7/h1-4,6H,5H2,(H,18,22)(H,20,23)(H,25,26)(H,19,21,24). The van der Waals surface area contributed by atoms with Gasteiger partial charge in [-0.25, -0.2) is 15.2 Å². The van der Waals surface area contributed by atoms with E-state index >= 15 is 0 Å². The lowest BCUT2D eigenvalue weighted by molar-refractivity contribution is -0.120. The molecule has 1 aromatic heterocycles. The van der Waals surface area contributed by atoms with Gasteiger partial charge in [0, 0.05) is 12.3 Å². The number of aromatic carboxylic acids is 1. The number of carboxylic acid groups (broad SMARTS) is 1. The average molecular weight is 375 g/mol. The number of aromatic nitrogens is 1. The van der Waals surface area contributed by atoms with E-state index in [1.165, 1.54) is 30.5 Å². The number of hydrogen-bond acceptors (Lipinski definition) is 6. The van der Waals surface area contributed by atoms with Gasteiger partial charge < -0.3 is 15.5 Å². The number of amides is 2. The van der Waals surface area contributed by atoms with Crippen molar-refractivity contribution in [1.82, 2.24) is 10.4 Å². The molecule has 0 atom stereocenters. The van der Waals surface area contributed by atoms with Crippen molar-refractivity contribution >= 4 is 40.8 Å². The third kappa shape index (κ3) is 3.33. The predicted molar refractivity (Wildman–Crippen MR) is 91.3 cm³/mol. The highest BCUT2D eigenvalue weighted by Gasteiger charge is 2.31. The van der Waals surface area contributed by atoms with Gasteiger partial charge in [0.1, 0.15) is 0 Å². The van der Waals surface area contributed by atoms with Gasteiger partial charge in [-0.2, -0.15) is 5.10 Å². The minimum absolute atomic E-state index is 0.0819. The molecule has 0 saturated carbocycles. The fourth-order valence-electron chi connectivity index (χ4n) is 2.34. The van der Waals surface area contributed by atoms with Crippen molar-refractivity contribution in [2.24, 2.45) is 5.10 Å². The van der Waals surface area contributed by atoms with E-state index in [1.54, 1.807) is 0 Å². The normalized spacial score (nSPS) is 14.0. The fraction of sp³-hybridized carbons (Fsp3) is 0.0625. The van der Waals surface area contributed by atoms with Crippen molar-refractivity contribution in [3.05, 3.63) is 52.2 Å². The Morgan fingerprint density at radius 1 is 1.27 bits per heavy atom. The third-order valence-electron chi connectivity index (χ3n) is 3.54. The second-order valence-electron chi connectivity index (χ2n) is 5.31. The van der Waals surface area contributed by atoms with Crippen molar-refractivity contribution in [3.63, 3.8) is 0 Å². The van der Waals surface area contributed by atoms with E-state index in [-0.39, 0.29) is 34.2 Å². The first kappa shape index (κ1) is 17.4. The summed E-state index contributed by atoms with van der Waals surface area (Å²) in [6, 6.07) is 5.52. The number of hydrazone groups is 1. The summed E-state index contributed by atoms with van der Waals surface area (Å²) in [5.41, 5.74) is 2.80. The Kier molecular flexibility index (Phi) is 4.55. The number of fused-ring (bicyclic) bond motifs is 1. The van der Waals surface area contributed by atoms with Crippen LogP contribution < -0.4 is 10.7 Å². The molecule has 9 nitrogen and oxygen atoms in total. The van der Waals surface area contributed by atoms with Crippen LogP contribution in [0, 0.1) is 0 Å². The van der Waals surface area contributed by atoms with Crippen LogP contribution in [-0.2, 0) is 16.0 Å². The van der Waals surface area contributed by atoms with Crippen molar-refractivity contribution < 1.29 is 24.6 Å². The lowest BCUT2D eigenvalue weighted by Gasteiger charge is -2.05. The number of carbonyl (C=O) groups excluding carboxylic acids is 2. The van der Waals surface area contributed by atoms with E-state index in [0.29, 0.717) is 11.3 Å². The molecule has 132 valence electrons. The predicted octanol–water partition coefficient (Wildman–Crippen LogP) is 1.15. The summed E-state index contributed by atoms with van der Waals surface area (Å²) in [6.07, 6.45) is 1.25. The zero-order valence-corrected chi connectivity index (χ0v) is 13.7. The molecule has 2 heterocycles. The number of hydrogen-bond donors (Lipinski definition) is 4. The van der Waals surface area contributed by atoms with Crippen LogP contribution in [-0.4, -0.2) is 38.7 Å². The quantitative estimate of drug-likeness (QED) is 0.591. The van der Waals surface area contributed by atoms with Crippen LogP contribution in [0.15, 0.2) is 35.6 Å². The lowest BCUT2D eigenvalue weighted by Crippen LogP contribution is -2.25. The van der Waals surface area contributed by atoms with Gasteiger partial charge in [-0.1, -0.05) is 17.7 Å². The highest BCUT2D eigenvalue weighted by molar-refractivity contribution is 6.57. The van der Waals surface area contributed by atoms with E-state index in [0.717, 1.165) is 0 Å². The summed E-state index contributed by atoms with van der Waals surface area (Å²) in [5.74, 6) is -2.56. The Morgan fingerprint density at radius 3 is 2.69 bits per heavy atom. The highest BCUT2D eigenvalue weighted by atomic mass is 35.5. The topological polar surface area (TPSA) is 141 Å². The number of rotatable bonds is 4. The van der Waals surface area contributed by atoms with Gasteiger partial charge in [0.2, 0.25) is 11.8 Å². The maximum Gasteiger partial charge on any atom is 0.337 e. The molecule has 1 aliphatic heterocycles. The van der Waals surface area contributed by atoms with Crippen LogP contribution in [0.2, 0.25) is 5.02 Å². The molecule has 0 saturated heterocycles. The van der Waals surface area contributed by atoms with Crippen molar-refractivity contribution in [2.45, 2.75) is 6.42 Å². The molecule has 0 fully saturated rings. The Balaban J connectivity index is 1.82. The zero-order valence-electron chi connectivity index (χ0n) is 13.0. The lowest BCUT2D eigenvalue weighted by atomic mass is 10.1. The van der Waals surface area contributed by atoms with E-state index in [4.69, 9.17) is 21.8 Å². The number of nitrogens with one attached hydrogen (secondary N) is 2. The fourth-order valence-corrected chi connectivity index (χ4v) is 2.68. The Morgan fingerprint density at radius 2 is 2.04 bits per heavy atom. The molecule has 4 N–H and O–H groups in total. The Labute approximate surface area is 151 Å². The first-order valence-electron chi connectivity index (χ1n) is 7.24. The number of nitrogens with zero attached hydrogens (tertiary/aromatic N) is 2. The number of carboxylic acids is 1. The molecule has 1 aliphatic rings. The number of carbonyl (C=O) groups is 3. The number of benzene rings is 1. The molecule has 1 aromatic carbocycles. The molecule has 0 spiro atoms. The Bertz CT molecular complexity index is 956. The smallest absolute Gasteiger partial charge is 0.337 e. The van der Waals surface area contributed by atoms with Crippen LogP contribution in [0.1, 0.15) is 21.5 Å². The van der Waals surface area contributed by atoms with Crippen LogP contribution in [0.4, 0.5) is 5.69 Å². The van der Waals surface area contributed by atoms with Gasteiger partial charge in [-0.05, 0) is 17.7 Å². The number of anilines is 1. The molecule has 0 aliphatic carbocycles. The zero-order chi connectivity index (χ0) is 18.8. The van der Waals surface area contributed by atoms with Crippen LogP contribution in [0.25, 0.3) is 0 Å². The molecule has 3 rings (SSSR count). The van der Waals surface area contributed by atoms with Crippen LogP contribution >= 0.6 is 11.6 Å². The molecular weight excluding hydrogens is 364 g/mol. The summed E-state index contributed by atoms with van der Waals surface area (Å²) < 4.78 is 0. The minimum atomic E-state index is -1.25. The van der Waals surface area contributed by atoms with Crippen LogP contribution in [0.3, 0.4) is 0 Å². The second-order valence-corrected chi connectivity index (χ2v) is 5.68. The van der Waals surface area contributed by atoms with Crippen molar-refractivity contribution in [3.8, 4) is 5.88 Å². The summed E-state index contributed by atoms with van der Waals surface area (Å²) in [4.78, 5) is 38.8. The van der Waals surface area contributed by atoms with E-state index < -0.39 is 17.8 Å². The molecule has 2 aromatic rings. The largest absolute Gasteiger partial charge is 0.493 e. The van der Waals surface area contributed by atoms with Crippen molar-refractivity contribution in [1.29, 1.82) is 0 Å². The van der Waals surface area contributed by atoms with Gasteiger partial charge in [0.15, 0.2) is 5.71 Å². The first-order valence-corrected chi connectivity index (χ1v) is 7.62. The van der Waals surface area contributed by atoms with E-state index in [9.17, 15) is 14.4 Å². The Hall–Kier alpha value is -3.46. The maximum absolute atomic E-state index is 12.0. The summed E-state index contributed by atoms with van der Waals surface area (Å²) in [6.45, 7) is 0. The first-order chi connectivity index (χ1) is 12.4. The molecule has 10 heteroatoms. The molecule has 0 radical (unpaired) electrons.